The van der Waals surface area contributed by atoms with E-state index in [0.717, 1.165) is 31.2 Å². The second-order valence-electron chi connectivity index (χ2n) is 6.31. The van der Waals surface area contributed by atoms with Crippen molar-refractivity contribution in [1.82, 2.24) is 20.1 Å². The first-order valence-corrected chi connectivity index (χ1v) is 9.11. The normalized spacial score (nSPS) is 18.4. The van der Waals surface area contributed by atoms with Gasteiger partial charge in [0.1, 0.15) is 5.76 Å². The topological polar surface area (TPSA) is 61.6 Å². The number of nitrogens with zero attached hydrogens (tertiary/aromatic N) is 3. The fourth-order valence-corrected chi connectivity index (χ4v) is 3.63. The van der Waals surface area contributed by atoms with Gasteiger partial charge in [0.15, 0.2) is 0 Å². The van der Waals surface area contributed by atoms with Crippen LogP contribution in [0, 0.1) is 6.92 Å². The molecule has 1 atom stereocenters. The number of thiophene rings is 1. The molecule has 1 saturated heterocycles. The van der Waals surface area contributed by atoms with E-state index in [-0.39, 0.29) is 5.91 Å². The van der Waals surface area contributed by atoms with Crippen molar-refractivity contribution >= 4 is 17.2 Å². The summed E-state index contributed by atoms with van der Waals surface area (Å²) in [6.07, 6.45) is 2.82. The third-order valence-electron chi connectivity index (χ3n) is 4.33. The van der Waals surface area contributed by atoms with Gasteiger partial charge in [-0.3, -0.25) is 14.6 Å². The lowest BCUT2D eigenvalue weighted by molar-refractivity contribution is -0.122. The van der Waals surface area contributed by atoms with Crippen LogP contribution in [0.25, 0.3) is 0 Å². The molecule has 2 aromatic heterocycles. The molecule has 1 aliphatic heterocycles. The van der Waals surface area contributed by atoms with E-state index in [1.165, 1.54) is 4.88 Å². The number of aryl methyl sites for hydroxylation is 1. The number of nitrogens with one attached hydrogen (secondary N) is 1. The summed E-state index contributed by atoms with van der Waals surface area (Å²) in [5.74, 6) is 1.69. The maximum atomic E-state index is 12.1. The summed E-state index contributed by atoms with van der Waals surface area (Å²) in [6.45, 7) is 5.55. The third-order valence-corrected chi connectivity index (χ3v) is 5.21. The lowest BCUT2D eigenvalue weighted by atomic mass is 10.2. The highest BCUT2D eigenvalue weighted by molar-refractivity contribution is 7.09. The second kappa shape index (κ2) is 7.92. The molecule has 3 rings (SSSR count). The van der Waals surface area contributed by atoms with Gasteiger partial charge in [-0.2, -0.15) is 0 Å². The van der Waals surface area contributed by atoms with Crippen LogP contribution < -0.4 is 5.32 Å². The molecule has 1 amide bonds. The van der Waals surface area contributed by atoms with E-state index in [2.05, 4.69) is 27.1 Å². The van der Waals surface area contributed by atoms with Crippen LogP contribution in [0.15, 0.2) is 28.1 Å². The van der Waals surface area contributed by atoms with E-state index in [0.29, 0.717) is 25.7 Å². The van der Waals surface area contributed by atoms with Gasteiger partial charge in [-0.15, -0.1) is 11.3 Å². The Balaban J connectivity index is 1.40. The first-order valence-electron chi connectivity index (χ1n) is 8.23. The lowest BCUT2D eigenvalue weighted by Crippen LogP contribution is -2.38. The maximum Gasteiger partial charge on any atom is 0.234 e. The van der Waals surface area contributed by atoms with Crippen molar-refractivity contribution in [3.05, 3.63) is 40.2 Å². The van der Waals surface area contributed by atoms with Gasteiger partial charge < -0.3 is 9.73 Å². The molecule has 0 unspecified atom stereocenters. The summed E-state index contributed by atoms with van der Waals surface area (Å²) in [5, 5.41) is 5.02. The molecule has 0 saturated carbocycles. The van der Waals surface area contributed by atoms with Gasteiger partial charge in [0.05, 0.1) is 25.8 Å². The number of carbonyl (C=O) groups excluding carboxylic acids is 1. The summed E-state index contributed by atoms with van der Waals surface area (Å²) in [7, 11) is 2.09. The summed E-state index contributed by atoms with van der Waals surface area (Å²) >= 11 is 1.66. The Labute approximate surface area is 146 Å². The number of amides is 1. The van der Waals surface area contributed by atoms with Crippen molar-refractivity contribution in [2.75, 3.05) is 26.7 Å². The van der Waals surface area contributed by atoms with Crippen molar-refractivity contribution in [2.24, 2.45) is 0 Å². The molecule has 1 aliphatic rings. The molecule has 24 heavy (non-hydrogen) atoms. The highest BCUT2D eigenvalue weighted by Crippen LogP contribution is 2.16. The monoisotopic (exact) mass is 348 g/mol. The smallest absolute Gasteiger partial charge is 0.234 e. The number of rotatable bonds is 7. The van der Waals surface area contributed by atoms with E-state index in [1.54, 1.807) is 17.5 Å². The summed E-state index contributed by atoms with van der Waals surface area (Å²) in [4.78, 5) is 22.0. The maximum absolute atomic E-state index is 12.1. The third kappa shape index (κ3) is 4.66. The van der Waals surface area contributed by atoms with Gasteiger partial charge in [0.25, 0.3) is 0 Å². The molecule has 0 aromatic carbocycles. The Morgan fingerprint density at radius 2 is 2.46 bits per heavy atom. The molecule has 130 valence electrons. The zero-order valence-electron chi connectivity index (χ0n) is 14.2. The highest BCUT2D eigenvalue weighted by Gasteiger charge is 2.27. The Kier molecular flexibility index (Phi) is 5.65. The van der Waals surface area contributed by atoms with E-state index < -0.39 is 0 Å². The predicted octanol–water partition coefficient (Wildman–Crippen LogP) is 1.87. The quantitative estimate of drug-likeness (QED) is 0.828. The van der Waals surface area contributed by atoms with Crippen molar-refractivity contribution < 1.29 is 9.21 Å². The molecule has 2 aromatic rings. The molecular weight excluding hydrogens is 324 g/mol. The number of hydrogen-bond acceptors (Lipinski definition) is 6. The lowest BCUT2D eigenvalue weighted by Gasteiger charge is -2.23. The fraction of sp³-hybridized carbons (Fsp3) is 0.529. The van der Waals surface area contributed by atoms with Crippen LogP contribution >= 0.6 is 11.3 Å². The Hall–Kier alpha value is -1.70. The van der Waals surface area contributed by atoms with E-state index in [4.69, 9.17) is 4.42 Å². The number of aromatic nitrogens is 1. The average Bonchev–Trinajstić information content (AvgIpc) is 3.27. The Morgan fingerprint density at radius 3 is 3.17 bits per heavy atom. The Morgan fingerprint density at radius 1 is 1.58 bits per heavy atom. The fourth-order valence-electron chi connectivity index (χ4n) is 2.99. The van der Waals surface area contributed by atoms with E-state index in [9.17, 15) is 4.79 Å². The molecule has 0 radical (unpaired) electrons. The predicted molar refractivity (Wildman–Crippen MR) is 93.7 cm³/mol. The van der Waals surface area contributed by atoms with Gasteiger partial charge in [0.2, 0.25) is 11.8 Å². The SMILES string of the molecule is Cc1cnc(CN(C)[C@H]2CCN(CC(=O)NCc3cccs3)C2)o1. The zero-order valence-corrected chi connectivity index (χ0v) is 15.0. The summed E-state index contributed by atoms with van der Waals surface area (Å²) in [6, 6.07) is 4.47. The van der Waals surface area contributed by atoms with Crippen LogP contribution in [0.2, 0.25) is 0 Å². The largest absolute Gasteiger partial charge is 0.445 e. The zero-order chi connectivity index (χ0) is 16.9. The van der Waals surface area contributed by atoms with E-state index in [1.807, 2.05) is 24.4 Å². The molecule has 0 bridgehead atoms. The van der Waals surface area contributed by atoms with Crippen LogP contribution in [0.1, 0.15) is 22.9 Å². The van der Waals surface area contributed by atoms with Crippen molar-refractivity contribution in [1.29, 1.82) is 0 Å². The number of oxazole rings is 1. The highest BCUT2D eigenvalue weighted by atomic mass is 32.1. The molecular formula is C17H24N4O2S. The minimum atomic E-state index is 0.0926. The molecule has 0 aliphatic carbocycles. The van der Waals surface area contributed by atoms with Crippen LogP contribution in [-0.4, -0.2) is 53.4 Å². The molecule has 3 heterocycles. The van der Waals surface area contributed by atoms with Crippen molar-refractivity contribution in [3.63, 3.8) is 0 Å². The van der Waals surface area contributed by atoms with Gasteiger partial charge >= 0.3 is 0 Å². The number of carbonyl (C=O) groups is 1. The van der Waals surface area contributed by atoms with E-state index >= 15 is 0 Å². The minimum absolute atomic E-state index is 0.0926. The van der Waals surface area contributed by atoms with Crippen LogP contribution in [0.5, 0.6) is 0 Å². The Bertz CT molecular complexity index is 655. The van der Waals surface area contributed by atoms with Gasteiger partial charge in [-0.1, -0.05) is 6.07 Å². The molecule has 0 spiro atoms. The first-order chi connectivity index (χ1) is 11.6. The van der Waals surface area contributed by atoms with Crippen LogP contribution in [0.4, 0.5) is 0 Å². The summed E-state index contributed by atoms with van der Waals surface area (Å²) < 4.78 is 5.54. The number of hydrogen-bond donors (Lipinski definition) is 1. The molecule has 6 nitrogen and oxygen atoms in total. The second-order valence-corrected chi connectivity index (χ2v) is 7.35. The number of likely N-dealkylation sites (N-methyl/N-ethyl adjacent to an activating group) is 1. The van der Waals surface area contributed by atoms with Gasteiger partial charge in [-0.25, -0.2) is 4.98 Å². The average molecular weight is 348 g/mol. The van der Waals surface area contributed by atoms with Gasteiger partial charge in [-0.05, 0) is 31.8 Å². The minimum Gasteiger partial charge on any atom is -0.445 e. The first kappa shape index (κ1) is 17.1. The van der Waals surface area contributed by atoms with Crippen LogP contribution in [0.3, 0.4) is 0 Å². The summed E-state index contributed by atoms with van der Waals surface area (Å²) in [5.41, 5.74) is 0. The molecule has 1 fully saturated rings. The standard InChI is InChI=1S/C17H24N4O2S/c1-13-8-19-17(23-13)12-20(2)14-5-6-21(10-14)11-16(22)18-9-15-4-3-7-24-15/h3-4,7-8,14H,5-6,9-12H2,1-2H3,(H,18,22)/t14-/m0/s1. The number of likely N-dealkylation sites (tertiary alicyclic amines) is 1. The van der Waals surface area contributed by atoms with Crippen molar-refractivity contribution in [3.8, 4) is 0 Å². The molecule has 1 N–H and O–H groups in total. The van der Waals surface area contributed by atoms with Crippen molar-refractivity contribution in [2.45, 2.75) is 32.5 Å². The molecule has 7 heteroatoms. The van der Waals surface area contributed by atoms with Crippen LogP contribution in [-0.2, 0) is 17.9 Å². The van der Waals surface area contributed by atoms with Gasteiger partial charge in [0, 0.05) is 24.0 Å².